The third-order valence-corrected chi connectivity index (χ3v) is 4.94. The summed E-state index contributed by atoms with van der Waals surface area (Å²) in [5.41, 5.74) is 13.1. The van der Waals surface area contributed by atoms with E-state index in [0.717, 1.165) is 0 Å². The van der Waals surface area contributed by atoms with Gasteiger partial charge in [0.15, 0.2) is 0 Å². The van der Waals surface area contributed by atoms with Gasteiger partial charge in [-0.25, -0.2) is 0 Å². The van der Waals surface area contributed by atoms with E-state index < -0.39 is 11.8 Å². The van der Waals surface area contributed by atoms with Crippen molar-refractivity contribution < 1.29 is 24.5 Å². The molecule has 9 nitrogen and oxygen atoms in total. The minimum Gasteiger partial charge on any atom is -0.506 e. The number of anilines is 2. The lowest BCUT2D eigenvalue weighted by Gasteiger charge is -2.11. The van der Waals surface area contributed by atoms with Crippen LogP contribution < -0.4 is 26.8 Å². The van der Waals surface area contributed by atoms with Crippen LogP contribution in [0.15, 0.2) is 103 Å². The van der Waals surface area contributed by atoms with Gasteiger partial charge in [0.2, 0.25) is 0 Å². The number of allylic oxidation sites excluding steroid dienone is 2. The van der Waals surface area contributed by atoms with Crippen LogP contribution in [0.1, 0.15) is 27.6 Å². The fourth-order valence-electron chi connectivity index (χ4n) is 2.97. The lowest BCUT2D eigenvalue weighted by Crippen LogP contribution is -2.24. The molecule has 0 radical (unpaired) electrons. The Hall–Kier alpha value is -5.18. The molecule has 3 rings (SSSR count). The van der Waals surface area contributed by atoms with Gasteiger partial charge in [0, 0.05) is 22.5 Å². The van der Waals surface area contributed by atoms with Crippen LogP contribution in [0.4, 0.5) is 11.4 Å². The fourth-order valence-corrected chi connectivity index (χ4v) is 2.97. The van der Waals surface area contributed by atoms with Crippen molar-refractivity contribution in [2.24, 2.45) is 5.73 Å². The molecule has 0 saturated carbocycles. The first-order valence-corrected chi connectivity index (χ1v) is 10.8. The summed E-state index contributed by atoms with van der Waals surface area (Å²) in [6, 6.07) is 17.1. The number of carbonyl (C=O) groups is 2. The van der Waals surface area contributed by atoms with Gasteiger partial charge in [0.1, 0.15) is 23.0 Å². The number of phenolic OH excluding ortho intramolecular Hbond substituents is 1. The van der Waals surface area contributed by atoms with Crippen LogP contribution in [0.3, 0.4) is 0 Å². The van der Waals surface area contributed by atoms with E-state index >= 15 is 0 Å². The normalized spacial score (nSPS) is 11.5. The Morgan fingerprint density at radius 2 is 1.50 bits per heavy atom. The average Bonchev–Trinajstić information content (AvgIpc) is 2.86. The number of ether oxygens (including phenoxy) is 1. The van der Waals surface area contributed by atoms with E-state index in [1.54, 1.807) is 61.5 Å². The molecule has 0 bridgehead atoms. The van der Waals surface area contributed by atoms with Crippen LogP contribution >= 0.6 is 0 Å². The first-order chi connectivity index (χ1) is 17.2. The highest BCUT2D eigenvalue weighted by Gasteiger charge is 2.12. The number of aliphatic hydroxyl groups excluding tert-OH is 1. The van der Waals surface area contributed by atoms with Crippen LogP contribution in [-0.2, 0) is 0 Å². The van der Waals surface area contributed by atoms with Crippen molar-refractivity contribution in [2.75, 3.05) is 11.1 Å². The molecular formula is C27H26N4O5. The predicted molar refractivity (Wildman–Crippen MR) is 139 cm³/mol. The molecule has 2 amide bonds. The number of aliphatic hydroxyl groups is 1. The summed E-state index contributed by atoms with van der Waals surface area (Å²) in [4.78, 5) is 25.0. The smallest absolute Gasteiger partial charge is 0.255 e. The maximum atomic E-state index is 12.5. The maximum Gasteiger partial charge on any atom is 0.255 e. The summed E-state index contributed by atoms with van der Waals surface area (Å²) in [5.74, 6) is -0.366. The highest BCUT2D eigenvalue weighted by molar-refractivity contribution is 6.05. The molecule has 184 valence electrons. The number of nitrogen functional groups attached to an aromatic ring is 1. The molecule has 3 aromatic carbocycles. The molecule has 0 aliphatic rings. The quantitative estimate of drug-likeness (QED) is 0.0894. The number of nitrogens with two attached hydrogens (primary N) is 2. The summed E-state index contributed by atoms with van der Waals surface area (Å²) >= 11 is 0. The zero-order valence-corrected chi connectivity index (χ0v) is 19.5. The van der Waals surface area contributed by atoms with E-state index in [1.807, 2.05) is 0 Å². The van der Waals surface area contributed by atoms with E-state index in [0.29, 0.717) is 34.0 Å². The number of hydrogen-bond donors (Lipinski definition) is 6. The molecule has 3 aromatic rings. The number of carbonyl (C=O) groups excluding carboxylic acids is 2. The second-order valence-electron chi connectivity index (χ2n) is 7.63. The Morgan fingerprint density at radius 3 is 2.03 bits per heavy atom. The summed E-state index contributed by atoms with van der Waals surface area (Å²) in [7, 11) is 0. The van der Waals surface area contributed by atoms with Crippen molar-refractivity contribution in [3.63, 3.8) is 0 Å². The third kappa shape index (κ3) is 6.67. The van der Waals surface area contributed by atoms with Crippen molar-refractivity contribution >= 4 is 23.2 Å². The summed E-state index contributed by atoms with van der Waals surface area (Å²) < 4.78 is 5.78. The SMILES string of the molecule is C=C(O)/C(=C\C(N)=C/C)NC(=O)c1ccc(Oc2ccc(C(=O)Nc3cc(N)ccc3O)cc2)cc1. The standard InChI is InChI=1S/C27H26N4O5/c1-3-19(28)14-23(16(2)32)30-26(34)17-4-9-21(10-5-17)36-22-11-6-18(7-12-22)27(35)31-24-15-20(29)8-13-25(24)33/h3-15,32-33H,2,28-29H2,1H3,(H,30,34)(H,31,35)/b19-3+,23-14+. The lowest BCUT2D eigenvalue weighted by atomic mass is 10.1. The summed E-state index contributed by atoms with van der Waals surface area (Å²) in [5, 5.41) is 24.7. The molecule has 0 saturated heterocycles. The Balaban J connectivity index is 1.63. The zero-order valence-electron chi connectivity index (χ0n) is 19.5. The number of benzene rings is 3. The van der Waals surface area contributed by atoms with Crippen LogP contribution in [0, 0.1) is 0 Å². The lowest BCUT2D eigenvalue weighted by molar-refractivity contribution is 0.0963. The second-order valence-corrected chi connectivity index (χ2v) is 7.63. The Labute approximate surface area is 208 Å². The number of nitrogens with one attached hydrogen (secondary N) is 2. The fraction of sp³-hybridized carbons (Fsp3) is 0.0370. The number of amides is 2. The first-order valence-electron chi connectivity index (χ1n) is 10.8. The van der Waals surface area contributed by atoms with Crippen molar-refractivity contribution in [1.82, 2.24) is 5.32 Å². The maximum absolute atomic E-state index is 12.5. The van der Waals surface area contributed by atoms with Crippen LogP contribution in [0.25, 0.3) is 0 Å². The molecule has 8 N–H and O–H groups in total. The van der Waals surface area contributed by atoms with E-state index in [4.69, 9.17) is 16.2 Å². The Bertz CT molecular complexity index is 1340. The molecule has 0 spiro atoms. The highest BCUT2D eigenvalue weighted by Crippen LogP contribution is 2.27. The van der Waals surface area contributed by atoms with Gasteiger partial charge < -0.3 is 37.1 Å². The van der Waals surface area contributed by atoms with Crippen molar-refractivity contribution in [2.45, 2.75) is 6.92 Å². The van der Waals surface area contributed by atoms with E-state index in [2.05, 4.69) is 17.2 Å². The molecule has 0 atom stereocenters. The number of hydrogen-bond acceptors (Lipinski definition) is 7. The van der Waals surface area contributed by atoms with E-state index in [9.17, 15) is 19.8 Å². The van der Waals surface area contributed by atoms with Gasteiger partial charge in [-0.15, -0.1) is 0 Å². The molecular weight excluding hydrogens is 460 g/mol. The van der Waals surface area contributed by atoms with Gasteiger partial charge in [-0.3, -0.25) is 9.59 Å². The van der Waals surface area contributed by atoms with E-state index in [1.165, 1.54) is 24.3 Å². The molecule has 0 aliphatic heterocycles. The molecule has 0 aliphatic carbocycles. The van der Waals surface area contributed by atoms with Crippen molar-refractivity contribution in [3.05, 3.63) is 114 Å². The zero-order chi connectivity index (χ0) is 26.2. The van der Waals surface area contributed by atoms with Crippen LogP contribution in [-0.4, -0.2) is 22.0 Å². The number of aromatic hydroxyl groups is 1. The number of rotatable bonds is 8. The molecule has 9 heteroatoms. The van der Waals surface area contributed by atoms with Gasteiger partial charge >= 0.3 is 0 Å². The minimum absolute atomic E-state index is 0.0889. The van der Waals surface area contributed by atoms with Crippen LogP contribution in [0.5, 0.6) is 17.2 Å². The van der Waals surface area contributed by atoms with Gasteiger partial charge in [-0.05, 0) is 79.7 Å². The van der Waals surface area contributed by atoms with Crippen molar-refractivity contribution in [1.29, 1.82) is 0 Å². The second kappa shape index (κ2) is 11.3. The molecule has 0 fully saturated rings. The highest BCUT2D eigenvalue weighted by atomic mass is 16.5. The van der Waals surface area contributed by atoms with Gasteiger partial charge in [-0.2, -0.15) is 0 Å². The largest absolute Gasteiger partial charge is 0.506 e. The molecule has 0 aromatic heterocycles. The third-order valence-electron chi connectivity index (χ3n) is 4.94. The number of phenols is 1. The van der Waals surface area contributed by atoms with Gasteiger partial charge in [-0.1, -0.05) is 12.7 Å². The topological polar surface area (TPSA) is 160 Å². The van der Waals surface area contributed by atoms with Gasteiger partial charge in [0.25, 0.3) is 11.8 Å². The first kappa shape index (κ1) is 25.4. The predicted octanol–water partition coefficient (Wildman–Crippen LogP) is 4.57. The molecule has 36 heavy (non-hydrogen) atoms. The summed E-state index contributed by atoms with van der Waals surface area (Å²) in [6.45, 7) is 5.15. The summed E-state index contributed by atoms with van der Waals surface area (Å²) in [6.07, 6.45) is 3.02. The minimum atomic E-state index is -0.464. The van der Waals surface area contributed by atoms with Crippen LogP contribution in [0.2, 0.25) is 0 Å². The van der Waals surface area contributed by atoms with Gasteiger partial charge in [0.05, 0.1) is 11.4 Å². The Morgan fingerprint density at radius 1 is 0.944 bits per heavy atom. The monoisotopic (exact) mass is 486 g/mol. The molecule has 0 unspecified atom stereocenters. The van der Waals surface area contributed by atoms with E-state index in [-0.39, 0.29) is 22.9 Å². The average molecular weight is 487 g/mol. The Kier molecular flexibility index (Phi) is 7.99. The van der Waals surface area contributed by atoms with Crippen molar-refractivity contribution in [3.8, 4) is 17.2 Å². The molecule has 0 heterocycles.